The molecule has 3 rings (SSSR count). The number of benzene rings is 1. The zero-order chi connectivity index (χ0) is 24.4. The van der Waals surface area contributed by atoms with Crippen molar-refractivity contribution in [1.82, 2.24) is 9.80 Å². The average molecular weight is 493 g/mol. The fourth-order valence-electron chi connectivity index (χ4n) is 4.34. The second-order valence-electron chi connectivity index (χ2n) is 9.56. The van der Waals surface area contributed by atoms with Crippen LogP contribution in [0.4, 0.5) is 18.0 Å². The third-order valence-electron chi connectivity index (χ3n) is 6.02. The van der Waals surface area contributed by atoms with Crippen LogP contribution in [0.1, 0.15) is 57.9 Å². The molecule has 33 heavy (non-hydrogen) atoms. The predicted molar refractivity (Wildman–Crippen MR) is 116 cm³/mol. The van der Waals surface area contributed by atoms with E-state index in [1.165, 1.54) is 12.1 Å². The van der Waals surface area contributed by atoms with Gasteiger partial charge in [-0.15, -0.1) is 0 Å². The van der Waals surface area contributed by atoms with Gasteiger partial charge in [0.15, 0.2) is 0 Å². The normalized spacial score (nSPS) is 23.3. The SMILES string of the molecule is CC(C)(C)OC(=O)N1CCN([C@H]2CC[C@@H](c3ccc(OS(=O)(=O)C(F)(F)F)cc3)CC2)CC1. The van der Waals surface area contributed by atoms with Gasteiger partial charge in [-0.25, -0.2) is 4.79 Å². The third-order valence-corrected chi connectivity index (χ3v) is 7.00. The Hall–Kier alpha value is -2.01. The maximum Gasteiger partial charge on any atom is 0.534 e. The fraction of sp³-hybridized carbons (Fsp3) is 0.682. The molecule has 1 heterocycles. The molecular weight excluding hydrogens is 461 g/mol. The summed E-state index contributed by atoms with van der Waals surface area (Å²) in [6, 6.07) is 6.22. The Morgan fingerprint density at radius 3 is 1.97 bits per heavy atom. The number of alkyl halides is 3. The second-order valence-corrected chi connectivity index (χ2v) is 11.1. The van der Waals surface area contributed by atoms with Crippen LogP contribution in [0, 0.1) is 0 Å². The summed E-state index contributed by atoms with van der Waals surface area (Å²) in [5.74, 6) is -0.0924. The van der Waals surface area contributed by atoms with Crippen molar-refractivity contribution in [2.75, 3.05) is 26.2 Å². The molecule has 1 aliphatic carbocycles. The summed E-state index contributed by atoms with van der Waals surface area (Å²) in [6.45, 7) is 8.43. The monoisotopic (exact) mass is 492 g/mol. The third kappa shape index (κ3) is 6.75. The number of carbonyl (C=O) groups is 1. The predicted octanol–water partition coefficient (Wildman–Crippen LogP) is 4.49. The van der Waals surface area contributed by atoms with Crippen LogP contribution in [0.3, 0.4) is 0 Å². The number of halogens is 3. The van der Waals surface area contributed by atoms with E-state index in [4.69, 9.17) is 4.74 Å². The molecule has 0 radical (unpaired) electrons. The Morgan fingerprint density at radius 2 is 1.48 bits per heavy atom. The van der Waals surface area contributed by atoms with Crippen molar-refractivity contribution in [3.05, 3.63) is 29.8 Å². The van der Waals surface area contributed by atoms with Crippen molar-refractivity contribution in [2.24, 2.45) is 0 Å². The van der Waals surface area contributed by atoms with Crippen LogP contribution in [0.25, 0.3) is 0 Å². The lowest BCUT2D eigenvalue weighted by molar-refractivity contribution is -0.0500. The minimum Gasteiger partial charge on any atom is -0.444 e. The van der Waals surface area contributed by atoms with Gasteiger partial charge in [-0.05, 0) is 70.1 Å². The molecule has 7 nitrogen and oxygen atoms in total. The molecule has 2 aliphatic rings. The molecule has 1 aromatic rings. The molecule has 1 saturated carbocycles. The van der Waals surface area contributed by atoms with E-state index in [9.17, 15) is 26.4 Å². The lowest BCUT2D eigenvalue weighted by Gasteiger charge is -2.42. The molecule has 0 unspecified atom stereocenters. The van der Waals surface area contributed by atoms with Crippen LogP contribution >= 0.6 is 0 Å². The highest BCUT2D eigenvalue weighted by molar-refractivity contribution is 7.88. The molecule has 1 aromatic carbocycles. The first kappa shape index (κ1) is 25.6. The van der Waals surface area contributed by atoms with Crippen LogP contribution in [0.2, 0.25) is 0 Å². The van der Waals surface area contributed by atoms with E-state index >= 15 is 0 Å². The lowest BCUT2D eigenvalue weighted by Crippen LogP contribution is -2.53. The summed E-state index contributed by atoms with van der Waals surface area (Å²) in [4.78, 5) is 16.4. The molecule has 0 bridgehead atoms. The first-order chi connectivity index (χ1) is 15.2. The smallest absolute Gasteiger partial charge is 0.444 e. The second kappa shape index (κ2) is 9.69. The summed E-state index contributed by atoms with van der Waals surface area (Å²) >= 11 is 0. The summed E-state index contributed by atoms with van der Waals surface area (Å²) < 4.78 is 69.3. The van der Waals surface area contributed by atoms with E-state index in [1.807, 2.05) is 20.8 Å². The highest BCUT2D eigenvalue weighted by atomic mass is 32.2. The van der Waals surface area contributed by atoms with Crippen molar-refractivity contribution in [2.45, 2.75) is 69.5 Å². The van der Waals surface area contributed by atoms with Crippen molar-refractivity contribution in [3.8, 4) is 5.75 Å². The van der Waals surface area contributed by atoms with Gasteiger partial charge in [0.1, 0.15) is 11.4 Å². The number of hydrogen-bond donors (Lipinski definition) is 0. The standard InChI is InChI=1S/C22H31F3N2O5S/c1-21(2,3)31-20(28)27-14-12-26(13-15-27)18-8-4-16(5-9-18)17-6-10-19(11-7-17)32-33(29,30)22(23,24)25/h6-7,10-11,16,18H,4-5,8-9,12-15H2,1-3H3/t16-,18+. The summed E-state index contributed by atoms with van der Waals surface area (Å²) in [5, 5.41) is 0. The summed E-state index contributed by atoms with van der Waals surface area (Å²) in [7, 11) is -5.66. The molecule has 186 valence electrons. The number of ether oxygens (including phenoxy) is 1. The van der Waals surface area contributed by atoms with Gasteiger partial charge in [0.25, 0.3) is 0 Å². The lowest BCUT2D eigenvalue weighted by atomic mass is 9.81. The topological polar surface area (TPSA) is 76.2 Å². The van der Waals surface area contributed by atoms with Crippen LogP contribution < -0.4 is 4.18 Å². The fourth-order valence-corrected chi connectivity index (χ4v) is 4.80. The van der Waals surface area contributed by atoms with E-state index in [0.717, 1.165) is 44.3 Å². The maximum atomic E-state index is 12.5. The number of hydrogen-bond acceptors (Lipinski definition) is 6. The average Bonchev–Trinajstić information content (AvgIpc) is 2.72. The van der Waals surface area contributed by atoms with Crippen LogP contribution in [-0.4, -0.2) is 67.6 Å². The Morgan fingerprint density at radius 1 is 0.939 bits per heavy atom. The summed E-state index contributed by atoms with van der Waals surface area (Å²) in [5.41, 5.74) is -5.01. The molecule has 1 amide bonds. The van der Waals surface area contributed by atoms with Crippen LogP contribution in [0.5, 0.6) is 5.75 Å². The molecule has 0 spiro atoms. The van der Waals surface area contributed by atoms with Gasteiger partial charge < -0.3 is 13.8 Å². The Balaban J connectivity index is 1.47. The summed E-state index contributed by atoms with van der Waals surface area (Å²) in [6.07, 6.45) is 3.55. The largest absolute Gasteiger partial charge is 0.534 e. The van der Waals surface area contributed by atoms with Crippen molar-refractivity contribution in [1.29, 1.82) is 0 Å². The van der Waals surface area contributed by atoms with Crippen molar-refractivity contribution < 1.29 is 35.3 Å². The van der Waals surface area contributed by atoms with Crippen LogP contribution in [0.15, 0.2) is 24.3 Å². The Labute approximate surface area is 192 Å². The van der Waals surface area contributed by atoms with E-state index in [2.05, 4.69) is 9.08 Å². The first-order valence-electron chi connectivity index (χ1n) is 11.1. The molecule has 1 saturated heterocycles. The highest BCUT2D eigenvalue weighted by Gasteiger charge is 2.48. The van der Waals surface area contributed by atoms with Gasteiger partial charge in [-0.1, -0.05) is 12.1 Å². The number of nitrogens with zero attached hydrogens (tertiary/aromatic N) is 2. The number of amides is 1. The van der Waals surface area contributed by atoms with E-state index in [-0.39, 0.29) is 17.8 Å². The molecular formula is C22H31F3N2O5S. The molecule has 0 N–H and O–H groups in total. The van der Waals surface area contributed by atoms with Crippen LogP contribution in [-0.2, 0) is 14.9 Å². The van der Waals surface area contributed by atoms with E-state index in [0.29, 0.717) is 19.1 Å². The minimum absolute atomic E-state index is 0.262. The number of rotatable bonds is 4. The zero-order valence-corrected chi connectivity index (χ0v) is 19.9. The quantitative estimate of drug-likeness (QED) is 0.455. The van der Waals surface area contributed by atoms with Gasteiger partial charge in [-0.3, -0.25) is 4.90 Å². The first-order valence-corrected chi connectivity index (χ1v) is 12.5. The maximum absolute atomic E-state index is 12.5. The number of piperazine rings is 1. The van der Waals surface area contributed by atoms with Gasteiger partial charge in [0.2, 0.25) is 0 Å². The molecule has 2 fully saturated rings. The zero-order valence-electron chi connectivity index (χ0n) is 19.1. The van der Waals surface area contributed by atoms with Gasteiger partial charge in [0, 0.05) is 32.2 Å². The molecule has 0 atom stereocenters. The molecule has 1 aliphatic heterocycles. The minimum atomic E-state index is -5.66. The Bertz CT molecular complexity index is 913. The highest BCUT2D eigenvalue weighted by Crippen LogP contribution is 2.36. The van der Waals surface area contributed by atoms with E-state index < -0.39 is 21.2 Å². The Kier molecular flexibility index (Phi) is 7.52. The van der Waals surface area contributed by atoms with Gasteiger partial charge in [0.05, 0.1) is 0 Å². The number of carbonyl (C=O) groups excluding carboxylic acids is 1. The van der Waals surface area contributed by atoms with Crippen molar-refractivity contribution in [3.63, 3.8) is 0 Å². The molecule has 0 aromatic heterocycles. The van der Waals surface area contributed by atoms with Gasteiger partial charge in [-0.2, -0.15) is 21.6 Å². The van der Waals surface area contributed by atoms with Crippen molar-refractivity contribution >= 4 is 16.2 Å². The van der Waals surface area contributed by atoms with Gasteiger partial charge >= 0.3 is 21.7 Å². The van der Waals surface area contributed by atoms with E-state index in [1.54, 1.807) is 17.0 Å². The molecule has 11 heteroatoms.